The first-order valence-electron chi connectivity index (χ1n) is 6.78. The van der Waals surface area contributed by atoms with Crippen LogP contribution in [0.5, 0.6) is 0 Å². The molecule has 19 heavy (non-hydrogen) atoms. The predicted molar refractivity (Wildman–Crippen MR) is 86.6 cm³/mol. The molecule has 0 aliphatic carbocycles. The Kier molecular flexibility index (Phi) is 4.25. The van der Waals surface area contributed by atoms with Crippen molar-refractivity contribution in [2.75, 3.05) is 18.8 Å². The molecule has 3 heterocycles. The molecule has 2 nitrogen and oxygen atoms in total. The van der Waals surface area contributed by atoms with E-state index in [1.165, 1.54) is 16.2 Å². The van der Waals surface area contributed by atoms with Crippen LogP contribution in [-0.2, 0) is 12.2 Å². The minimum Gasteiger partial charge on any atom is -0.337 e. The van der Waals surface area contributed by atoms with Crippen molar-refractivity contribution in [1.29, 1.82) is 0 Å². The van der Waals surface area contributed by atoms with Crippen molar-refractivity contribution < 1.29 is 4.79 Å². The molecule has 0 saturated carbocycles. The van der Waals surface area contributed by atoms with Crippen LogP contribution in [-0.4, -0.2) is 34.5 Å². The van der Waals surface area contributed by atoms with Gasteiger partial charge in [-0.2, -0.15) is 11.8 Å². The fraction of sp³-hybridized carbons (Fsp3) is 0.643. The summed E-state index contributed by atoms with van der Waals surface area (Å²) in [5.41, 5.74) is 1.39. The number of likely N-dealkylation sites (tertiary alicyclic amines) is 1. The van der Waals surface area contributed by atoms with Crippen LogP contribution in [0.1, 0.15) is 33.5 Å². The Morgan fingerprint density at radius 2 is 2.37 bits per heavy atom. The topological polar surface area (TPSA) is 20.3 Å². The maximum absolute atomic E-state index is 12.6. The molecular formula is C14H18BrNOS2. The molecule has 2 unspecified atom stereocenters. The lowest BCUT2D eigenvalue weighted by atomic mass is 9.99. The van der Waals surface area contributed by atoms with E-state index in [9.17, 15) is 4.79 Å². The van der Waals surface area contributed by atoms with E-state index in [0.717, 1.165) is 36.6 Å². The van der Waals surface area contributed by atoms with Crippen molar-refractivity contribution in [1.82, 2.24) is 4.90 Å². The van der Waals surface area contributed by atoms with Crippen LogP contribution in [0.2, 0.25) is 0 Å². The quantitative estimate of drug-likeness (QED) is 0.711. The molecule has 5 heteroatoms. The van der Waals surface area contributed by atoms with E-state index < -0.39 is 0 Å². The fourth-order valence-corrected chi connectivity index (χ4v) is 5.57. The first-order valence-corrected chi connectivity index (χ1v) is 9.66. The molecule has 0 N–H and O–H groups in total. The highest BCUT2D eigenvalue weighted by Crippen LogP contribution is 2.33. The largest absolute Gasteiger partial charge is 0.337 e. The second-order valence-corrected chi connectivity index (χ2v) is 8.81. The van der Waals surface area contributed by atoms with Crippen LogP contribution in [0.4, 0.5) is 0 Å². The van der Waals surface area contributed by atoms with Crippen LogP contribution < -0.4 is 0 Å². The van der Waals surface area contributed by atoms with Gasteiger partial charge in [-0.3, -0.25) is 4.79 Å². The standard InChI is InChI=1S/C14H18BrNOS2/c1-9-2-4-16(7-11(9)15)14(17)13-6-10-8-18-5-3-12(10)19-13/h6,9,11H,2-5,7-8H2,1H3. The Balaban J connectivity index is 1.75. The van der Waals surface area contributed by atoms with Crippen molar-refractivity contribution in [2.45, 2.75) is 30.3 Å². The van der Waals surface area contributed by atoms with Crippen LogP contribution in [0.3, 0.4) is 0 Å². The molecule has 0 aromatic carbocycles. The number of thioether (sulfide) groups is 1. The normalized spacial score (nSPS) is 27.2. The number of amides is 1. The molecule has 1 fully saturated rings. The second-order valence-electron chi connectivity index (χ2n) is 5.39. The molecule has 1 aromatic heterocycles. The van der Waals surface area contributed by atoms with E-state index >= 15 is 0 Å². The van der Waals surface area contributed by atoms with Crippen molar-refractivity contribution in [3.63, 3.8) is 0 Å². The Labute approximate surface area is 131 Å². The number of hydrogen-bond donors (Lipinski definition) is 0. The predicted octanol–water partition coefficient (Wildman–Crippen LogP) is 3.78. The maximum atomic E-state index is 12.6. The van der Waals surface area contributed by atoms with E-state index in [1.54, 1.807) is 11.3 Å². The van der Waals surface area contributed by atoms with E-state index in [0.29, 0.717) is 10.7 Å². The summed E-state index contributed by atoms with van der Waals surface area (Å²) in [5.74, 6) is 3.18. The number of alkyl halides is 1. The number of rotatable bonds is 1. The van der Waals surface area contributed by atoms with E-state index in [-0.39, 0.29) is 5.91 Å². The smallest absolute Gasteiger partial charge is 0.263 e. The third kappa shape index (κ3) is 2.88. The lowest BCUT2D eigenvalue weighted by Gasteiger charge is -2.34. The Hall–Kier alpha value is -0.000000000000000111. The summed E-state index contributed by atoms with van der Waals surface area (Å²) in [4.78, 5) is 17.4. The summed E-state index contributed by atoms with van der Waals surface area (Å²) < 4.78 is 0. The molecule has 1 saturated heterocycles. The summed E-state index contributed by atoms with van der Waals surface area (Å²) >= 11 is 7.39. The van der Waals surface area contributed by atoms with Crippen LogP contribution in [0.25, 0.3) is 0 Å². The number of carbonyl (C=O) groups excluding carboxylic acids is 1. The summed E-state index contributed by atoms with van der Waals surface area (Å²) in [5, 5.41) is 0. The van der Waals surface area contributed by atoms with Crippen molar-refractivity contribution in [2.24, 2.45) is 5.92 Å². The lowest BCUT2D eigenvalue weighted by Crippen LogP contribution is -2.43. The van der Waals surface area contributed by atoms with Gasteiger partial charge in [0, 0.05) is 28.5 Å². The van der Waals surface area contributed by atoms with Crippen LogP contribution in [0, 0.1) is 5.92 Å². The van der Waals surface area contributed by atoms with Gasteiger partial charge in [0.05, 0.1) is 4.88 Å². The SMILES string of the molecule is CC1CCN(C(=O)c2cc3c(s2)CCSC3)CC1Br. The zero-order valence-electron chi connectivity index (χ0n) is 11.0. The number of halogens is 1. The molecule has 1 aromatic rings. The highest BCUT2D eigenvalue weighted by molar-refractivity contribution is 9.09. The van der Waals surface area contributed by atoms with Crippen molar-refractivity contribution in [3.05, 3.63) is 21.4 Å². The minimum absolute atomic E-state index is 0.237. The molecule has 0 spiro atoms. The second kappa shape index (κ2) is 5.78. The zero-order valence-corrected chi connectivity index (χ0v) is 14.2. The number of nitrogens with zero attached hydrogens (tertiary/aromatic N) is 1. The zero-order chi connectivity index (χ0) is 13.4. The molecule has 104 valence electrons. The van der Waals surface area contributed by atoms with Gasteiger partial charge in [0.25, 0.3) is 5.91 Å². The van der Waals surface area contributed by atoms with Gasteiger partial charge in [-0.25, -0.2) is 0 Å². The van der Waals surface area contributed by atoms with E-state index in [2.05, 4.69) is 28.9 Å². The number of aryl methyl sites for hydroxylation is 1. The molecule has 1 amide bonds. The Bertz CT molecular complexity index is 464. The molecular weight excluding hydrogens is 342 g/mol. The summed E-state index contributed by atoms with van der Waals surface area (Å²) in [6.45, 7) is 4.00. The average molecular weight is 360 g/mol. The molecule has 2 aliphatic heterocycles. The van der Waals surface area contributed by atoms with Crippen molar-refractivity contribution in [3.8, 4) is 0 Å². The summed E-state index contributed by atoms with van der Waals surface area (Å²) in [6, 6.07) is 2.13. The number of carbonyl (C=O) groups is 1. The molecule has 2 aliphatic rings. The van der Waals surface area contributed by atoms with Crippen LogP contribution >= 0.6 is 39.0 Å². The molecule has 3 rings (SSSR count). The number of piperidine rings is 1. The number of fused-ring (bicyclic) bond motifs is 1. The van der Waals surface area contributed by atoms with E-state index in [1.807, 2.05) is 16.7 Å². The third-order valence-corrected chi connectivity index (χ3v) is 7.42. The highest BCUT2D eigenvalue weighted by atomic mass is 79.9. The van der Waals surface area contributed by atoms with Gasteiger partial charge in [0.1, 0.15) is 0 Å². The first kappa shape index (κ1) is 14.0. The van der Waals surface area contributed by atoms with Crippen molar-refractivity contribution >= 4 is 44.9 Å². The average Bonchev–Trinajstić information content (AvgIpc) is 2.85. The molecule has 0 bridgehead atoms. The monoisotopic (exact) mass is 359 g/mol. The number of thiophene rings is 1. The van der Waals surface area contributed by atoms with Gasteiger partial charge in [-0.05, 0) is 36.1 Å². The van der Waals surface area contributed by atoms with Gasteiger partial charge in [-0.15, -0.1) is 11.3 Å². The summed E-state index contributed by atoms with van der Waals surface area (Å²) in [6.07, 6.45) is 2.23. The van der Waals surface area contributed by atoms with Crippen LogP contribution in [0.15, 0.2) is 6.07 Å². The van der Waals surface area contributed by atoms with Gasteiger partial charge >= 0.3 is 0 Å². The molecule has 0 radical (unpaired) electrons. The highest BCUT2D eigenvalue weighted by Gasteiger charge is 2.29. The minimum atomic E-state index is 0.237. The number of hydrogen-bond acceptors (Lipinski definition) is 3. The van der Waals surface area contributed by atoms with Gasteiger partial charge < -0.3 is 4.90 Å². The lowest BCUT2D eigenvalue weighted by molar-refractivity contribution is 0.0711. The third-order valence-electron chi connectivity index (χ3n) is 3.99. The first-order chi connectivity index (χ1) is 9.15. The van der Waals surface area contributed by atoms with Gasteiger partial charge in [0.2, 0.25) is 0 Å². The van der Waals surface area contributed by atoms with Gasteiger partial charge in [0.15, 0.2) is 0 Å². The Morgan fingerprint density at radius 1 is 1.53 bits per heavy atom. The van der Waals surface area contributed by atoms with Gasteiger partial charge in [-0.1, -0.05) is 22.9 Å². The molecule has 2 atom stereocenters. The van der Waals surface area contributed by atoms with E-state index in [4.69, 9.17) is 0 Å². The maximum Gasteiger partial charge on any atom is 0.263 e. The summed E-state index contributed by atoms with van der Waals surface area (Å²) in [7, 11) is 0. The Morgan fingerprint density at radius 3 is 3.11 bits per heavy atom. The fourth-order valence-electron chi connectivity index (χ4n) is 2.61.